The lowest BCUT2D eigenvalue weighted by molar-refractivity contribution is 0.102. The van der Waals surface area contributed by atoms with Crippen molar-refractivity contribution in [1.29, 1.82) is 0 Å². The Hall–Kier alpha value is -5.63. The molecule has 7 nitrogen and oxygen atoms in total. The fraction of sp³-hybridized carbons (Fsp3) is 0. The molecular formula is C32H21FN6O. The Kier molecular flexibility index (Phi) is 5.63. The number of fused-ring (bicyclic) bond motifs is 2. The van der Waals surface area contributed by atoms with Crippen LogP contribution in [0.15, 0.2) is 110 Å². The van der Waals surface area contributed by atoms with E-state index in [9.17, 15) is 9.18 Å². The molecule has 0 atom stereocenters. The minimum absolute atomic E-state index is 0.197. The fourth-order valence-corrected chi connectivity index (χ4v) is 4.92. The molecule has 0 bridgehead atoms. The number of carbonyl (C=O) groups excluding carboxylic acids is 1. The first-order valence-electron chi connectivity index (χ1n) is 12.7. The zero-order valence-electron chi connectivity index (χ0n) is 21.0. The topological polar surface area (TPSA) is 99.3 Å². The Morgan fingerprint density at radius 3 is 2.58 bits per heavy atom. The Bertz CT molecular complexity index is 2030. The number of nitrogens with zero attached hydrogens (tertiary/aromatic N) is 3. The largest absolute Gasteiger partial charge is 0.338 e. The van der Waals surface area contributed by atoms with E-state index in [1.54, 1.807) is 36.8 Å². The molecule has 40 heavy (non-hydrogen) atoms. The van der Waals surface area contributed by atoms with E-state index < -0.39 is 0 Å². The smallest absolute Gasteiger partial charge is 0.255 e. The van der Waals surface area contributed by atoms with Crippen molar-refractivity contribution in [2.75, 3.05) is 5.32 Å². The zero-order chi connectivity index (χ0) is 27.1. The molecule has 0 unspecified atom stereocenters. The molecule has 3 N–H and O–H groups in total. The summed E-state index contributed by atoms with van der Waals surface area (Å²) in [5.74, 6) is -0.487. The number of rotatable bonds is 5. The average Bonchev–Trinajstić information content (AvgIpc) is 3.61. The quantitative estimate of drug-likeness (QED) is 0.221. The van der Waals surface area contributed by atoms with Gasteiger partial charge in [0.2, 0.25) is 0 Å². The second-order valence-corrected chi connectivity index (χ2v) is 9.43. The summed E-state index contributed by atoms with van der Waals surface area (Å²) in [6.07, 6.45) is 5.09. The molecule has 4 aromatic heterocycles. The van der Waals surface area contributed by atoms with Crippen LogP contribution in [0, 0.1) is 5.82 Å². The number of H-pyrrole nitrogens is 2. The molecular weight excluding hydrogens is 503 g/mol. The maximum Gasteiger partial charge on any atom is 0.255 e. The molecule has 0 saturated heterocycles. The summed E-state index contributed by atoms with van der Waals surface area (Å²) in [6, 6.07) is 27.3. The van der Waals surface area contributed by atoms with Crippen LogP contribution in [0.5, 0.6) is 0 Å². The van der Waals surface area contributed by atoms with Crippen molar-refractivity contribution in [1.82, 2.24) is 25.1 Å². The lowest BCUT2D eigenvalue weighted by atomic mass is 10.0. The maximum absolute atomic E-state index is 13.9. The molecule has 0 fully saturated rings. The first kappa shape index (κ1) is 23.5. The number of anilines is 1. The van der Waals surface area contributed by atoms with Gasteiger partial charge in [-0.3, -0.25) is 14.9 Å². The third-order valence-electron chi connectivity index (χ3n) is 6.85. The highest BCUT2D eigenvalue weighted by Crippen LogP contribution is 2.35. The van der Waals surface area contributed by atoms with Gasteiger partial charge in [0, 0.05) is 34.3 Å². The molecule has 0 aliphatic heterocycles. The number of carbonyl (C=O) groups is 1. The standard InChI is InChI=1S/C32H21FN6O/c33-23-8-4-7-21(13-23)25-11-12-35-31-26(25)16-29(37-31)30-27-15-20(9-10-28(27)38-39-30)22-14-24(18-34-17-22)36-32(40)19-5-2-1-3-6-19/h1-18H,(H,35,37)(H,36,40)(H,38,39). The highest BCUT2D eigenvalue weighted by Gasteiger charge is 2.15. The molecule has 8 heteroatoms. The molecule has 192 valence electrons. The number of benzene rings is 3. The summed E-state index contributed by atoms with van der Waals surface area (Å²) < 4.78 is 13.9. The van der Waals surface area contributed by atoms with E-state index in [0.29, 0.717) is 16.9 Å². The number of halogens is 1. The molecule has 0 saturated carbocycles. The van der Waals surface area contributed by atoms with Crippen molar-refractivity contribution in [3.05, 3.63) is 121 Å². The number of nitrogens with one attached hydrogen (secondary N) is 3. The van der Waals surface area contributed by atoms with Gasteiger partial charge in [-0.1, -0.05) is 36.4 Å². The molecule has 7 aromatic rings. The molecule has 4 heterocycles. The van der Waals surface area contributed by atoms with Crippen LogP contribution < -0.4 is 5.32 Å². The van der Waals surface area contributed by atoms with E-state index in [0.717, 1.165) is 49.9 Å². The summed E-state index contributed by atoms with van der Waals surface area (Å²) in [5.41, 5.74) is 7.70. The van der Waals surface area contributed by atoms with E-state index in [-0.39, 0.29) is 11.7 Å². The number of amides is 1. The number of hydrogen-bond acceptors (Lipinski definition) is 4. The lowest BCUT2D eigenvalue weighted by Gasteiger charge is -2.08. The molecule has 3 aromatic carbocycles. The monoisotopic (exact) mass is 524 g/mol. The first-order chi connectivity index (χ1) is 19.6. The molecule has 0 radical (unpaired) electrons. The third-order valence-corrected chi connectivity index (χ3v) is 6.85. The van der Waals surface area contributed by atoms with E-state index >= 15 is 0 Å². The number of hydrogen-bond donors (Lipinski definition) is 3. The Morgan fingerprint density at radius 1 is 0.800 bits per heavy atom. The second kappa shape index (κ2) is 9.59. The van der Waals surface area contributed by atoms with Gasteiger partial charge in [0.15, 0.2) is 0 Å². The van der Waals surface area contributed by atoms with Crippen LogP contribution >= 0.6 is 0 Å². The van der Waals surface area contributed by atoms with Gasteiger partial charge in [0.25, 0.3) is 5.91 Å². The van der Waals surface area contributed by atoms with Crippen LogP contribution in [0.2, 0.25) is 0 Å². The number of aromatic amines is 2. The normalized spacial score (nSPS) is 11.2. The summed E-state index contributed by atoms with van der Waals surface area (Å²) in [4.78, 5) is 24.8. The average molecular weight is 525 g/mol. The van der Waals surface area contributed by atoms with Gasteiger partial charge in [-0.15, -0.1) is 0 Å². The Balaban J connectivity index is 1.25. The maximum atomic E-state index is 13.9. The van der Waals surface area contributed by atoms with Gasteiger partial charge in [-0.2, -0.15) is 5.10 Å². The van der Waals surface area contributed by atoms with Crippen molar-refractivity contribution in [3.63, 3.8) is 0 Å². The van der Waals surface area contributed by atoms with Gasteiger partial charge in [-0.25, -0.2) is 9.37 Å². The van der Waals surface area contributed by atoms with Gasteiger partial charge in [-0.05, 0) is 71.3 Å². The zero-order valence-corrected chi connectivity index (χ0v) is 21.0. The van der Waals surface area contributed by atoms with Crippen molar-refractivity contribution >= 4 is 33.5 Å². The summed E-state index contributed by atoms with van der Waals surface area (Å²) in [5, 5.41) is 12.4. The van der Waals surface area contributed by atoms with Crippen LogP contribution in [0.4, 0.5) is 10.1 Å². The van der Waals surface area contributed by atoms with Gasteiger partial charge < -0.3 is 10.3 Å². The van der Waals surface area contributed by atoms with Gasteiger partial charge >= 0.3 is 0 Å². The van der Waals surface area contributed by atoms with Crippen LogP contribution in [0.25, 0.3) is 55.6 Å². The second-order valence-electron chi connectivity index (χ2n) is 9.43. The van der Waals surface area contributed by atoms with E-state index in [1.165, 1.54) is 12.1 Å². The summed E-state index contributed by atoms with van der Waals surface area (Å²) in [7, 11) is 0. The van der Waals surface area contributed by atoms with Crippen molar-refractivity contribution in [2.45, 2.75) is 0 Å². The van der Waals surface area contributed by atoms with Crippen LogP contribution in [-0.2, 0) is 0 Å². The molecule has 0 aliphatic carbocycles. The predicted octanol–water partition coefficient (Wildman–Crippen LogP) is 7.23. The van der Waals surface area contributed by atoms with Crippen LogP contribution in [0.3, 0.4) is 0 Å². The van der Waals surface area contributed by atoms with Crippen molar-refractivity contribution < 1.29 is 9.18 Å². The van der Waals surface area contributed by atoms with Gasteiger partial charge in [0.05, 0.1) is 23.1 Å². The Morgan fingerprint density at radius 2 is 1.70 bits per heavy atom. The third kappa shape index (κ3) is 4.27. The lowest BCUT2D eigenvalue weighted by Crippen LogP contribution is -2.11. The predicted molar refractivity (Wildman–Crippen MR) is 154 cm³/mol. The van der Waals surface area contributed by atoms with Crippen molar-refractivity contribution in [3.8, 4) is 33.6 Å². The van der Waals surface area contributed by atoms with Crippen molar-refractivity contribution in [2.24, 2.45) is 0 Å². The van der Waals surface area contributed by atoms with E-state index in [2.05, 4.69) is 30.5 Å². The number of pyridine rings is 2. The SMILES string of the molecule is O=C(Nc1cncc(-c2ccc3[nH]nc(-c4cc5c(-c6cccc(F)c6)ccnc5[nH]4)c3c2)c1)c1ccccc1. The minimum atomic E-state index is -0.290. The highest BCUT2D eigenvalue weighted by molar-refractivity contribution is 6.04. The minimum Gasteiger partial charge on any atom is -0.338 e. The summed E-state index contributed by atoms with van der Waals surface area (Å²) >= 11 is 0. The first-order valence-corrected chi connectivity index (χ1v) is 12.7. The highest BCUT2D eigenvalue weighted by atomic mass is 19.1. The number of aromatic nitrogens is 5. The molecule has 0 spiro atoms. The summed E-state index contributed by atoms with van der Waals surface area (Å²) in [6.45, 7) is 0. The van der Waals surface area contributed by atoms with Crippen LogP contribution in [-0.4, -0.2) is 31.1 Å². The van der Waals surface area contributed by atoms with Crippen LogP contribution in [0.1, 0.15) is 10.4 Å². The van der Waals surface area contributed by atoms with Gasteiger partial charge in [0.1, 0.15) is 17.2 Å². The van der Waals surface area contributed by atoms with E-state index in [1.807, 2.05) is 60.7 Å². The molecule has 7 rings (SSSR count). The molecule has 0 aliphatic rings. The van der Waals surface area contributed by atoms with E-state index in [4.69, 9.17) is 0 Å². The molecule has 1 amide bonds. The Labute approximate surface area is 227 Å². The fourth-order valence-electron chi connectivity index (χ4n) is 4.92.